The Morgan fingerprint density at radius 1 is 1.11 bits per heavy atom. The largest absolute Gasteiger partial charge is 0.495 e. The van der Waals surface area contributed by atoms with Crippen LogP contribution in [-0.2, 0) is 0 Å². The first-order valence-electron chi connectivity index (χ1n) is 9.42. The highest BCUT2D eigenvalue weighted by Gasteiger charge is 2.19. The average molecular weight is 422 g/mol. The van der Waals surface area contributed by atoms with E-state index in [1.165, 1.54) is 0 Å². The number of amides is 1. The highest BCUT2D eigenvalue weighted by atomic mass is 35.5. The Morgan fingerprint density at radius 2 is 1.86 bits per heavy atom. The molecule has 7 heteroatoms. The van der Waals surface area contributed by atoms with E-state index in [2.05, 4.69) is 21.2 Å². The summed E-state index contributed by atoms with van der Waals surface area (Å²) in [6, 6.07) is 13.0. The number of halogens is 2. The van der Waals surface area contributed by atoms with Crippen molar-refractivity contribution in [3.05, 3.63) is 58.1 Å². The average Bonchev–Trinajstić information content (AvgIpc) is 2.71. The van der Waals surface area contributed by atoms with Crippen LogP contribution < -0.4 is 15.0 Å². The van der Waals surface area contributed by atoms with E-state index < -0.39 is 0 Å². The van der Waals surface area contributed by atoms with E-state index in [9.17, 15) is 4.79 Å². The Bertz CT molecular complexity index is 808. The maximum absolute atomic E-state index is 12.2. The number of para-hydroxylation sites is 2. The summed E-state index contributed by atoms with van der Waals surface area (Å²) in [6.45, 7) is 5.49. The Balaban J connectivity index is 1.39. The van der Waals surface area contributed by atoms with Crippen LogP contribution in [-0.4, -0.2) is 57.2 Å². The fourth-order valence-electron chi connectivity index (χ4n) is 3.38. The van der Waals surface area contributed by atoms with E-state index in [-0.39, 0.29) is 5.91 Å². The number of piperazine rings is 1. The van der Waals surface area contributed by atoms with Gasteiger partial charge in [0, 0.05) is 37.7 Å². The lowest BCUT2D eigenvalue weighted by Crippen LogP contribution is -2.47. The standard InChI is InChI=1S/C21H25Cl2N3O2/c1-28-20-6-3-2-5-19(20)26-13-11-25(12-14-26)10-4-9-24-21(27)17-8-7-16(22)15-18(17)23/h2-3,5-8,15H,4,9-14H2,1H3,(H,24,27). The molecule has 0 saturated carbocycles. The molecular formula is C21H25Cl2N3O2. The summed E-state index contributed by atoms with van der Waals surface area (Å²) in [4.78, 5) is 17.0. The maximum atomic E-state index is 12.2. The van der Waals surface area contributed by atoms with Crippen molar-refractivity contribution in [2.75, 3.05) is 51.3 Å². The minimum Gasteiger partial charge on any atom is -0.495 e. The molecule has 2 aromatic carbocycles. The van der Waals surface area contributed by atoms with Crippen LogP contribution in [0.3, 0.4) is 0 Å². The molecule has 1 N–H and O–H groups in total. The highest BCUT2D eigenvalue weighted by molar-refractivity contribution is 6.36. The van der Waals surface area contributed by atoms with Gasteiger partial charge in [0.1, 0.15) is 5.75 Å². The Hall–Kier alpha value is -1.95. The molecule has 1 aliphatic rings. The van der Waals surface area contributed by atoms with Crippen molar-refractivity contribution in [2.45, 2.75) is 6.42 Å². The maximum Gasteiger partial charge on any atom is 0.252 e. The van der Waals surface area contributed by atoms with E-state index in [1.54, 1.807) is 25.3 Å². The van der Waals surface area contributed by atoms with Crippen LogP contribution in [0.25, 0.3) is 0 Å². The second kappa shape index (κ2) is 10.0. The number of ether oxygens (including phenoxy) is 1. The molecule has 2 aromatic rings. The quantitative estimate of drug-likeness (QED) is 0.687. The fourth-order valence-corrected chi connectivity index (χ4v) is 3.87. The third-order valence-electron chi connectivity index (χ3n) is 4.91. The van der Waals surface area contributed by atoms with Gasteiger partial charge in [-0.2, -0.15) is 0 Å². The predicted octanol–water partition coefficient (Wildman–Crippen LogP) is 3.94. The smallest absolute Gasteiger partial charge is 0.252 e. The zero-order valence-electron chi connectivity index (χ0n) is 16.0. The predicted molar refractivity (Wildman–Crippen MR) is 115 cm³/mol. The molecule has 1 aliphatic heterocycles. The van der Waals surface area contributed by atoms with Crippen molar-refractivity contribution >= 4 is 34.8 Å². The van der Waals surface area contributed by atoms with Gasteiger partial charge in [0.05, 0.1) is 23.4 Å². The van der Waals surface area contributed by atoms with Gasteiger partial charge in [-0.3, -0.25) is 9.69 Å². The zero-order valence-corrected chi connectivity index (χ0v) is 17.5. The molecule has 5 nitrogen and oxygen atoms in total. The van der Waals surface area contributed by atoms with E-state index in [0.717, 1.165) is 50.6 Å². The number of benzene rings is 2. The number of carbonyl (C=O) groups is 1. The zero-order chi connectivity index (χ0) is 19.9. The molecule has 0 spiro atoms. The fraction of sp³-hybridized carbons (Fsp3) is 0.381. The number of nitrogens with one attached hydrogen (secondary N) is 1. The summed E-state index contributed by atoms with van der Waals surface area (Å²) >= 11 is 11.9. The van der Waals surface area contributed by atoms with Crippen molar-refractivity contribution in [1.82, 2.24) is 10.2 Å². The van der Waals surface area contributed by atoms with Crippen LogP contribution in [0.2, 0.25) is 10.0 Å². The first-order valence-corrected chi connectivity index (χ1v) is 10.2. The van der Waals surface area contributed by atoms with Crippen molar-refractivity contribution in [2.24, 2.45) is 0 Å². The van der Waals surface area contributed by atoms with Gasteiger partial charge >= 0.3 is 0 Å². The molecule has 0 atom stereocenters. The molecule has 1 heterocycles. The summed E-state index contributed by atoms with van der Waals surface area (Å²) < 4.78 is 5.47. The van der Waals surface area contributed by atoms with Crippen LogP contribution in [0.1, 0.15) is 16.8 Å². The van der Waals surface area contributed by atoms with Gasteiger partial charge in [-0.1, -0.05) is 35.3 Å². The number of anilines is 1. The van der Waals surface area contributed by atoms with E-state index in [0.29, 0.717) is 22.2 Å². The van der Waals surface area contributed by atoms with Gasteiger partial charge in [0.25, 0.3) is 5.91 Å². The molecule has 150 valence electrons. The SMILES string of the molecule is COc1ccccc1N1CCN(CCCNC(=O)c2ccc(Cl)cc2Cl)CC1. The lowest BCUT2D eigenvalue weighted by Gasteiger charge is -2.36. The lowest BCUT2D eigenvalue weighted by molar-refractivity contribution is 0.0951. The van der Waals surface area contributed by atoms with E-state index in [4.69, 9.17) is 27.9 Å². The first-order chi connectivity index (χ1) is 13.6. The minimum absolute atomic E-state index is 0.164. The van der Waals surface area contributed by atoms with Crippen molar-refractivity contribution < 1.29 is 9.53 Å². The summed E-state index contributed by atoms with van der Waals surface area (Å²) in [7, 11) is 1.71. The third kappa shape index (κ3) is 5.31. The van der Waals surface area contributed by atoms with Crippen molar-refractivity contribution in [3.63, 3.8) is 0 Å². The Morgan fingerprint density at radius 3 is 2.57 bits per heavy atom. The molecular weight excluding hydrogens is 397 g/mol. The van der Waals surface area contributed by atoms with Gasteiger partial charge < -0.3 is 15.0 Å². The number of methoxy groups -OCH3 is 1. The number of nitrogens with zero attached hydrogens (tertiary/aromatic N) is 2. The summed E-state index contributed by atoms with van der Waals surface area (Å²) in [6.07, 6.45) is 0.894. The molecule has 0 aromatic heterocycles. The molecule has 0 aliphatic carbocycles. The van der Waals surface area contributed by atoms with Gasteiger partial charge in [0.2, 0.25) is 0 Å². The van der Waals surface area contributed by atoms with Crippen LogP contribution in [0.5, 0.6) is 5.75 Å². The monoisotopic (exact) mass is 421 g/mol. The molecule has 3 rings (SSSR count). The molecule has 0 unspecified atom stereocenters. The molecule has 0 bridgehead atoms. The molecule has 28 heavy (non-hydrogen) atoms. The van der Waals surface area contributed by atoms with Gasteiger partial charge in [-0.25, -0.2) is 0 Å². The number of hydrogen-bond acceptors (Lipinski definition) is 4. The second-order valence-electron chi connectivity index (χ2n) is 6.73. The molecule has 1 fully saturated rings. The molecule has 0 radical (unpaired) electrons. The van der Waals surface area contributed by atoms with E-state index >= 15 is 0 Å². The summed E-state index contributed by atoms with van der Waals surface area (Å²) in [5.74, 6) is 0.752. The summed E-state index contributed by atoms with van der Waals surface area (Å²) in [5.41, 5.74) is 1.60. The van der Waals surface area contributed by atoms with Crippen LogP contribution in [0.15, 0.2) is 42.5 Å². The molecule has 1 saturated heterocycles. The first kappa shape index (κ1) is 20.8. The lowest BCUT2D eigenvalue weighted by atomic mass is 10.2. The van der Waals surface area contributed by atoms with Crippen molar-refractivity contribution in [3.8, 4) is 5.75 Å². The van der Waals surface area contributed by atoms with Crippen LogP contribution >= 0.6 is 23.2 Å². The third-order valence-corrected chi connectivity index (χ3v) is 5.46. The van der Waals surface area contributed by atoms with Gasteiger partial charge in [-0.05, 0) is 43.3 Å². The van der Waals surface area contributed by atoms with Crippen molar-refractivity contribution in [1.29, 1.82) is 0 Å². The molecule has 1 amide bonds. The normalized spacial score (nSPS) is 14.8. The summed E-state index contributed by atoms with van der Waals surface area (Å²) in [5, 5.41) is 3.82. The minimum atomic E-state index is -0.164. The van der Waals surface area contributed by atoms with Crippen LogP contribution in [0.4, 0.5) is 5.69 Å². The van der Waals surface area contributed by atoms with Gasteiger partial charge in [0.15, 0.2) is 0 Å². The topological polar surface area (TPSA) is 44.8 Å². The highest BCUT2D eigenvalue weighted by Crippen LogP contribution is 2.28. The number of rotatable bonds is 7. The van der Waals surface area contributed by atoms with Gasteiger partial charge in [-0.15, -0.1) is 0 Å². The second-order valence-corrected chi connectivity index (χ2v) is 7.58. The Kier molecular flexibility index (Phi) is 7.43. The number of carbonyl (C=O) groups excluding carboxylic acids is 1. The van der Waals surface area contributed by atoms with Crippen LogP contribution in [0, 0.1) is 0 Å². The number of hydrogen-bond donors (Lipinski definition) is 1. The Labute approximate surface area is 176 Å². The van der Waals surface area contributed by atoms with E-state index in [1.807, 2.05) is 18.2 Å².